The first-order valence-corrected chi connectivity index (χ1v) is 12.6. The molecule has 0 fully saturated rings. The number of nitrogens with zero attached hydrogens (tertiary/aromatic N) is 1. The predicted octanol–water partition coefficient (Wildman–Crippen LogP) is 5.68. The van der Waals surface area contributed by atoms with Gasteiger partial charge in [0.05, 0.1) is 31.2 Å². The summed E-state index contributed by atoms with van der Waals surface area (Å²) in [5, 5.41) is 12.7. The molecule has 37 heavy (non-hydrogen) atoms. The topological polar surface area (TPSA) is 145 Å². The molecule has 3 aromatic rings. The highest BCUT2D eigenvalue weighted by atomic mass is 35.5. The average molecular weight is 591 g/mol. The molecule has 1 amide bonds. The number of rotatable bonds is 8. The lowest BCUT2D eigenvalue weighted by molar-refractivity contribution is -0.384. The first-order chi connectivity index (χ1) is 17.3. The maximum Gasteiger partial charge on any atom is 0.340 e. The fourth-order valence-corrected chi connectivity index (χ4v) is 4.93. The Kier molecular flexibility index (Phi) is 8.59. The monoisotopic (exact) mass is 589 g/mol. The fourth-order valence-electron chi connectivity index (χ4n) is 2.85. The van der Waals surface area contributed by atoms with Crippen LogP contribution in [0.2, 0.25) is 15.1 Å². The molecule has 2 N–H and O–H groups in total. The minimum atomic E-state index is -4.35. The van der Waals surface area contributed by atoms with Gasteiger partial charge in [0.1, 0.15) is 10.7 Å². The van der Waals surface area contributed by atoms with Crippen molar-refractivity contribution in [2.45, 2.75) is 17.9 Å². The minimum absolute atomic E-state index is 0.00160. The van der Waals surface area contributed by atoms with Gasteiger partial charge in [-0.25, -0.2) is 17.6 Å². The van der Waals surface area contributed by atoms with Crippen LogP contribution in [-0.2, 0) is 19.6 Å². The number of nitro benzene ring substituents is 1. The first kappa shape index (κ1) is 28.1. The zero-order valence-corrected chi connectivity index (χ0v) is 21.6. The molecule has 10 nitrogen and oxygen atoms in total. The van der Waals surface area contributed by atoms with E-state index in [1.54, 1.807) is 0 Å². The van der Waals surface area contributed by atoms with Crippen molar-refractivity contribution in [3.63, 3.8) is 0 Å². The largest absolute Gasteiger partial charge is 0.449 e. The Hall–Kier alpha value is -3.45. The van der Waals surface area contributed by atoms with Crippen LogP contribution in [0.25, 0.3) is 0 Å². The van der Waals surface area contributed by atoms with Crippen LogP contribution >= 0.6 is 34.8 Å². The van der Waals surface area contributed by atoms with E-state index in [-0.39, 0.29) is 32.1 Å². The highest BCUT2D eigenvalue weighted by molar-refractivity contribution is 7.92. The van der Waals surface area contributed by atoms with Gasteiger partial charge in [0.25, 0.3) is 21.6 Å². The molecule has 1 atom stereocenters. The lowest BCUT2D eigenvalue weighted by Crippen LogP contribution is -2.30. The second kappa shape index (κ2) is 11.3. The van der Waals surface area contributed by atoms with Crippen LogP contribution in [-0.4, -0.2) is 31.3 Å². The number of halogens is 4. The molecule has 0 aromatic heterocycles. The molecule has 0 saturated carbocycles. The molecule has 0 unspecified atom stereocenters. The minimum Gasteiger partial charge on any atom is -0.449 e. The van der Waals surface area contributed by atoms with E-state index in [4.69, 9.17) is 39.5 Å². The van der Waals surface area contributed by atoms with Crippen molar-refractivity contribution in [1.29, 1.82) is 0 Å². The number of sulfonamides is 1. The molecule has 0 bridgehead atoms. The summed E-state index contributed by atoms with van der Waals surface area (Å²) in [6.07, 6.45) is -1.45. The van der Waals surface area contributed by atoms with Gasteiger partial charge in [0.2, 0.25) is 0 Å². The summed E-state index contributed by atoms with van der Waals surface area (Å²) in [5.41, 5.74) is -0.811. The van der Waals surface area contributed by atoms with Crippen molar-refractivity contribution in [1.82, 2.24) is 0 Å². The molecular formula is C22H15Cl3FN3O7S. The zero-order valence-electron chi connectivity index (χ0n) is 18.5. The highest BCUT2D eigenvalue weighted by Crippen LogP contribution is 2.31. The van der Waals surface area contributed by atoms with Crippen LogP contribution in [0.3, 0.4) is 0 Å². The number of carbonyl (C=O) groups is 2. The SMILES string of the molecule is C[C@@H](OC(=O)c1cc(S(=O)(=O)Nc2ccc(F)cc2)c(Cl)cc1Cl)C(=O)Nc1cc([N+](=O)[O-])ccc1Cl. The number of ether oxygens (including phenoxy) is 1. The van der Waals surface area contributed by atoms with E-state index in [9.17, 15) is 32.5 Å². The van der Waals surface area contributed by atoms with Crippen molar-refractivity contribution in [3.05, 3.63) is 91.2 Å². The maximum absolute atomic E-state index is 13.1. The molecule has 3 rings (SSSR count). The number of carbonyl (C=O) groups excluding carboxylic acids is 2. The van der Waals surface area contributed by atoms with E-state index in [2.05, 4.69) is 10.0 Å². The Morgan fingerprint density at radius 2 is 1.65 bits per heavy atom. The third-order valence-electron chi connectivity index (χ3n) is 4.70. The summed E-state index contributed by atoms with van der Waals surface area (Å²) >= 11 is 18.1. The normalized spacial score (nSPS) is 11.9. The lowest BCUT2D eigenvalue weighted by atomic mass is 10.2. The number of hydrogen-bond acceptors (Lipinski definition) is 7. The average Bonchev–Trinajstić information content (AvgIpc) is 2.81. The molecule has 3 aromatic carbocycles. The summed E-state index contributed by atoms with van der Waals surface area (Å²) in [5.74, 6) is -2.62. The van der Waals surface area contributed by atoms with Gasteiger partial charge >= 0.3 is 5.97 Å². The number of benzene rings is 3. The third kappa shape index (κ3) is 6.86. The molecule has 0 aliphatic carbocycles. The van der Waals surface area contributed by atoms with Crippen LogP contribution in [0.1, 0.15) is 17.3 Å². The Balaban J connectivity index is 1.80. The summed E-state index contributed by atoms with van der Waals surface area (Å²) < 4.78 is 46.1. The zero-order chi connectivity index (χ0) is 27.5. The second-order valence-electron chi connectivity index (χ2n) is 7.33. The van der Waals surface area contributed by atoms with E-state index < -0.39 is 49.2 Å². The standard InChI is InChI=1S/C22H15Cl3FN3O7S/c1-11(21(30)27-19-8-14(29(32)33)6-7-16(19)23)36-22(31)15-9-20(18(25)10-17(15)24)37(34,35)28-13-4-2-12(26)3-5-13/h2-11,28H,1H3,(H,27,30)/t11-/m1/s1. The molecule has 0 aliphatic heterocycles. The van der Waals surface area contributed by atoms with Crippen molar-refractivity contribution in [2.24, 2.45) is 0 Å². The first-order valence-electron chi connectivity index (χ1n) is 10.0. The Labute approximate surface area is 224 Å². The van der Waals surface area contributed by atoms with Crippen LogP contribution in [0.4, 0.5) is 21.5 Å². The molecule has 0 aliphatic rings. The highest BCUT2D eigenvalue weighted by Gasteiger charge is 2.26. The Bertz CT molecular complexity index is 1500. The van der Waals surface area contributed by atoms with Gasteiger partial charge < -0.3 is 10.1 Å². The number of non-ortho nitro benzene ring substituents is 1. The van der Waals surface area contributed by atoms with Gasteiger partial charge in [-0.2, -0.15) is 0 Å². The van der Waals surface area contributed by atoms with E-state index in [1.807, 2.05) is 0 Å². The van der Waals surface area contributed by atoms with Crippen LogP contribution < -0.4 is 10.0 Å². The van der Waals surface area contributed by atoms with Crippen molar-refractivity contribution >= 4 is 73.8 Å². The molecule has 0 heterocycles. The van der Waals surface area contributed by atoms with Crippen molar-refractivity contribution in [3.8, 4) is 0 Å². The van der Waals surface area contributed by atoms with E-state index in [1.165, 1.54) is 25.1 Å². The summed E-state index contributed by atoms with van der Waals surface area (Å²) in [6, 6.07) is 9.68. The third-order valence-corrected chi connectivity index (χ3v) is 7.19. The summed E-state index contributed by atoms with van der Waals surface area (Å²) in [7, 11) is -4.35. The lowest BCUT2D eigenvalue weighted by Gasteiger charge is -2.16. The number of nitrogens with one attached hydrogen (secondary N) is 2. The number of esters is 1. The van der Waals surface area contributed by atoms with Crippen molar-refractivity contribution < 1.29 is 32.1 Å². The predicted molar refractivity (Wildman–Crippen MR) is 135 cm³/mol. The van der Waals surface area contributed by atoms with Crippen molar-refractivity contribution in [2.75, 3.05) is 10.0 Å². The second-order valence-corrected chi connectivity index (χ2v) is 10.2. The van der Waals surface area contributed by atoms with E-state index in [0.29, 0.717) is 0 Å². The number of hydrogen-bond donors (Lipinski definition) is 2. The Morgan fingerprint density at radius 1 is 1.00 bits per heavy atom. The van der Waals surface area contributed by atoms with Crippen LogP contribution in [0.5, 0.6) is 0 Å². The van der Waals surface area contributed by atoms with E-state index in [0.717, 1.165) is 36.4 Å². The van der Waals surface area contributed by atoms with Crippen LogP contribution in [0, 0.1) is 15.9 Å². The number of nitro groups is 1. The molecule has 0 saturated heterocycles. The number of amides is 1. The quantitative estimate of drug-likeness (QED) is 0.195. The molecule has 194 valence electrons. The maximum atomic E-state index is 13.1. The summed E-state index contributed by atoms with van der Waals surface area (Å²) in [4.78, 5) is 35.0. The van der Waals surface area contributed by atoms with Crippen LogP contribution in [0.15, 0.2) is 59.5 Å². The molecule has 0 radical (unpaired) electrons. The van der Waals surface area contributed by atoms with Gasteiger partial charge in [-0.3, -0.25) is 19.6 Å². The number of anilines is 2. The van der Waals surface area contributed by atoms with Gasteiger partial charge in [0, 0.05) is 17.8 Å². The molecule has 15 heteroatoms. The van der Waals surface area contributed by atoms with E-state index >= 15 is 0 Å². The van der Waals surface area contributed by atoms with Gasteiger partial charge in [-0.15, -0.1) is 0 Å². The van der Waals surface area contributed by atoms with Gasteiger partial charge in [-0.1, -0.05) is 34.8 Å². The molecule has 0 spiro atoms. The van der Waals surface area contributed by atoms with Gasteiger partial charge in [-0.05, 0) is 49.4 Å². The molecular weight excluding hydrogens is 576 g/mol. The Morgan fingerprint density at radius 3 is 2.27 bits per heavy atom. The smallest absolute Gasteiger partial charge is 0.340 e. The fraction of sp³-hybridized carbons (Fsp3) is 0.0909. The van der Waals surface area contributed by atoms with Gasteiger partial charge in [0.15, 0.2) is 6.10 Å². The summed E-state index contributed by atoms with van der Waals surface area (Å²) in [6.45, 7) is 1.20.